The van der Waals surface area contributed by atoms with Gasteiger partial charge in [0, 0.05) is 38.0 Å². The van der Waals surface area contributed by atoms with Gasteiger partial charge in [0.25, 0.3) is 0 Å². The molecule has 2 aliphatic heterocycles. The molecule has 1 fully saturated rings. The number of amides is 2. The standard InChI is InChI=1S/C21H27N5O2/c1-2-3-11-21(24-25-21)12-13-22-20(28)17-8-7-14-26(15-17)16-19(27)23-18-9-5-4-6-10-18/h1,4-6,9-10,17H,3,7-8,11-16H2,(H,22,28)(H,23,27). The van der Waals surface area contributed by atoms with E-state index in [1.807, 2.05) is 35.2 Å². The zero-order chi connectivity index (χ0) is 19.8. The topological polar surface area (TPSA) is 86.2 Å². The number of nitrogens with zero attached hydrogens (tertiary/aromatic N) is 3. The number of benzene rings is 1. The Bertz CT molecular complexity index is 750. The molecule has 0 saturated carbocycles. The van der Waals surface area contributed by atoms with Gasteiger partial charge in [0.15, 0.2) is 5.66 Å². The molecule has 2 N–H and O–H groups in total. The van der Waals surface area contributed by atoms with Crippen LogP contribution in [0.2, 0.25) is 0 Å². The summed E-state index contributed by atoms with van der Waals surface area (Å²) in [6.07, 6.45) is 9.13. The van der Waals surface area contributed by atoms with E-state index in [9.17, 15) is 9.59 Å². The maximum absolute atomic E-state index is 12.5. The molecule has 1 unspecified atom stereocenters. The third kappa shape index (κ3) is 5.89. The van der Waals surface area contributed by atoms with Gasteiger partial charge in [-0.05, 0) is 31.5 Å². The van der Waals surface area contributed by atoms with Crippen molar-refractivity contribution in [1.82, 2.24) is 10.2 Å². The Kier molecular flexibility index (Phi) is 6.77. The quantitative estimate of drug-likeness (QED) is 0.644. The van der Waals surface area contributed by atoms with Crippen LogP contribution in [0.4, 0.5) is 5.69 Å². The van der Waals surface area contributed by atoms with Gasteiger partial charge in [-0.1, -0.05) is 18.2 Å². The van der Waals surface area contributed by atoms with Crippen molar-refractivity contribution < 1.29 is 9.59 Å². The number of hydrogen-bond donors (Lipinski definition) is 2. The molecule has 0 aromatic heterocycles. The van der Waals surface area contributed by atoms with Crippen LogP contribution >= 0.6 is 0 Å². The zero-order valence-electron chi connectivity index (χ0n) is 16.1. The smallest absolute Gasteiger partial charge is 0.238 e. The van der Waals surface area contributed by atoms with Crippen LogP contribution in [0.1, 0.15) is 32.1 Å². The summed E-state index contributed by atoms with van der Waals surface area (Å²) < 4.78 is 0. The number of carbonyl (C=O) groups is 2. The first-order valence-electron chi connectivity index (χ1n) is 9.83. The summed E-state index contributed by atoms with van der Waals surface area (Å²) in [6.45, 7) is 2.27. The van der Waals surface area contributed by atoms with Gasteiger partial charge < -0.3 is 10.6 Å². The summed E-state index contributed by atoms with van der Waals surface area (Å²) >= 11 is 0. The lowest BCUT2D eigenvalue weighted by molar-refractivity contribution is -0.128. The fourth-order valence-electron chi connectivity index (χ4n) is 3.54. The normalized spacial score (nSPS) is 20.2. The van der Waals surface area contributed by atoms with Gasteiger partial charge in [0.2, 0.25) is 11.8 Å². The summed E-state index contributed by atoms with van der Waals surface area (Å²) in [5.41, 5.74) is 0.418. The van der Waals surface area contributed by atoms with Crippen LogP contribution in [0.3, 0.4) is 0 Å². The highest BCUT2D eigenvalue weighted by molar-refractivity contribution is 5.92. The van der Waals surface area contributed by atoms with Crippen LogP contribution < -0.4 is 10.6 Å². The van der Waals surface area contributed by atoms with Gasteiger partial charge in [0.05, 0.1) is 12.5 Å². The van der Waals surface area contributed by atoms with Gasteiger partial charge in [-0.25, -0.2) is 0 Å². The molecule has 1 saturated heterocycles. The van der Waals surface area contributed by atoms with Crippen LogP contribution in [0.5, 0.6) is 0 Å². The van der Waals surface area contributed by atoms with Gasteiger partial charge in [-0.15, -0.1) is 12.3 Å². The number of hydrogen-bond acceptors (Lipinski definition) is 5. The van der Waals surface area contributed by atoms with E-state index in [1.165, 1.54) is 0 Å². The summed E-state index contributed by atoms with van der Waals surface area (Å²) in [5.74, 6) is 2.50. The Labute approximate surface area is 166 Å². The van der Waals surface area contributed by atoms with Crippen molar-refractivity contribution in [3.63, 3.8) is 0 Å². The molecule has 0 aliphatic carbocycles. The van der Waals surface area contributed by atoms with E-state index in [0.29, 0.717) is 32.5 Å². The summed E-state index contributed by atoms with van der Waals surface area (Å²) in [7, 11) is 0. The molecule has 1 atom stereocenters. The fourth-order valence-corrected chi connectivity index (χ4v) is 3.54. The number of nitrogens with one attached hydrogen (secondary N) is 2. The number of para-hydroxylation sites is 1. The molecular formula is C21H27N5O2. The average molecular weight is 381 g/mol. The average Bonchev–Trinajstić information content (AvgIpc) is 3.47. The number of likely N-dealkylation sites (tertiary alicyclic amines) is 1. The SMILES string of the molecule is C#CCCC1(CCNC(=O)C2CCCN(CC(=O)Nc3ccccc3)C2)N=N1. The molecule has 28 heavy (non-hydrogen) atoms. The second-order valence-electron chi connectivity index (χ2n) is 7.42. The van der Waals surface area contributed by atoms with E-state index in [0.717, 1.165) is 31.5 Å². The zero-order valence-corrected chi connectivity index (χ0v) is 16.1. The van der Waals surface area contributed by atoms with Crippen molar-refractivity contribution >= 4 is 17.5 Å². The highest BCUT2D eigenvalue weighted by Gasteiger charge is 2.38. The lowest BCUT2D eigenvalue weighted by atomic mass is 9.97. The molecule has 2 aliphatic rings. The molecular weight excluding hydrogens is 354 g/mol. The van der Waals surface area contributed by atoms with E-state index in [4.69, 9.17) is 6.42 Å². The van der Waals surface area contributed by atoms with Crippen LogP contribution in [0.25, 0.3) is 0 Å². The van der Waals surface area contributed by atoms with Crippen LogP contribution in [0, 0.1) is 18.3 Å². The van der Waals surface area contributed by atoms with Gasteiger partial charge in [0.1, 0.15) is 0 Å². The summed E-state index contributed by atoms with van der Waals surface area (Å²) in [6, 6.07) is 9.40. The van der Waals surface area contributed by atoms with E-state index in [2.05, 4.69) is 26.8 Å². The molecule has 2 amide bonds. The Hall–Kier alpha value is -2.72. The van der Waals surface area contributed by atoms with Gasteiger partial charge in [-0.3, -0.25) is 14.5 Å². The molecule has 3 rings (SSSR count). The summed E-state index contributed by atoms with van der Waals surface area (Å²) in [5, 5.41) is 14.1. The van der Waals surface area contributed by atoms with E-state index in [1.54, 1.807) is 0 Å². The van der Waals surface area contributed by atoms with Gasteiger partial charge >= 0.3 is 0 Å². The minimum absolute atomic E-state index is 0.0425. The fraction of sp³-hybridized carbons (Fsp3) is 0.524. The Morgan fingerprint density at radius 3 is 2.75 bits per heavy atom. The third-order valence-electron chi connectivity index (χ3n) is 5.18. The van der Waals surface area contributed by atoms with E-state index < -0.39 is 0 Å². The lowest BCUT2D eigenvalue weighted by Crippen LogP contribution is -2.45. The highest BCUT2D eigenvalue weighted by Crippen LogP contribution is 2.36. The molecule has 7 nitrogen and oxygen atoms in total. The molecule has 1 aromatic rings. The van der Waals surface area contributed by atoms with Crippen molar-refractivity contribution in [3.05, 3.63) is 30.3 Å². The van der Waals surface area contributed by atoms with E-state index in [-0.39, 0.29) is 23.4 Å². The predicted molar refractivity (Wildman–Crippen MR) is 108 cm³/mol. The first-order valence-corrected chi connectivity index (χ1v) is 9.83. The molecule has 1 aromatic carbocycles. The van der Waals surface area contributed by atoms with Crippen molar-refractivity contribution in [2.24, 2.45) is 16.1 Å². The van der Waals surface area contributed by atoms with Crippen molar-refractivity contribution in [1.29, 1.82) is 0 Å². The Morgan fingerprint density at radius 2 is 2.04 bits per heavy atom. The van der Waals surface area contributed by atoms with Crippen molar-refractivity contribution in [2.45, 2.75) is 37.8 Å². The number of anilines is 1. The maximum Gasteiger partial charge on any atom is 0.238 e. The number of piperidine rings is 1. The molecule has 0 bridgehead atoms. The first kappa shape index (κ1) is 20.0. The number of rotatable bonds is 9. The number of terminal acetylenes is 1. The van der Waals surface area contributed by atoms with Crippen LogP contribution in [-0.4, -0.2) is 48.6 Å². The van der Waals surface area contributed by atoms with Crippen LogP contribution in [-0.2, 0) is 9.59 Å². The minimum atomic E-state index is -0.367. The second-order valence-corrected chi connectivity index (χ2v) is 7.42. The molecule has 0 spiro atoms. The molecule has 7 heteroatoms. The summed E-state index contributed by atoms with van der Waals surface area (Å²) in [4.78, 5) is 26.8. The Balaban J connectivity index is 1.38. The Morgan fingerprint density at radius 1 is 1.25 bits per heavy atom. The van der Waals surface area contributed by atoms with Crippen molar-refractivity contribution in [3.8, 4) is 12.3 Å². The lowest BCUT2D eigenvalue weighted by Gasteiger charge is -2.31. The molecule has 0 radical (unpaired) electrons. The largest absolute Gasteiger partial charge is 0.356 e. The van der Waals surface area contributed by atoms with E-state index >= 15 is 0 Å². The maximum atomic E-state index is 12.5. The predicted octanol–water partition coefficient (Wildman–Crippen LogP) is 2.42. The highest BCUT2D eigenvalue weighted by atomic mass is 16.2. The third-order valence-corrected chi connectivity index (χ3v) is 5.18. The second kappa shape index (κ2) is 9.47. The molecule has 2 heterocycles. The molecule has 148 valence electrons. The first-order chi connectivity index (χ1) is 13.6. The van der Waals surface area contributed by atoms with Crippen molar-refractivity contribution in [2.75, 3.05) is 31.5 Å². The van der Waals surface area contributed by atoms with Gasteiger partial charge in [-0.2, -0.15) is 10.2 Å². The monoisotopic (exact) mass is 381 g/mol. The minimum Gasteiger partial charge on any atom is -0.356 e. The number of carbonyl (C=O) groups excluding carboxylic acids is 2. The van der Waals surface area contributed by atoms with Crippen LogP contribution in [0.15, 0.2) is 40.6 Å².